The van der Waals surface area contributed by atoms with Crippen LogP contribution >= 0.6 is 0 Å². The third-order valence-corrected chi connectivity index (χ3v) is 9.92. The Kier molecular flexibility index (Phi) is 7.82. The average Bonchev–Trinajstić information content (AvgIpc) is 4.04. The molecule has 252 valence electrons. The third-order valence-electron chi connectivity index (χ3n) is 9.92. The molecule has 6 heteroatoms. The van der Waals surface area contributed by atoms with Gasteiger partial charge in [0.15, 0.2) is 0 Å². The van der Waals surface area contributed by atoms with Gasteiger partial charge < -0.3 is 29.7 Å². The van der Waals surface area contributed by atoms with Gasteiger partial charge in [-0.1, -0.05) is 97.1 Å². The van der Waals surface area contributed by atoms with Crippen molar-refractivity contribution in [2.75, 3.05) is 23.9 Å². The summed E-state index contributed by atoms with van der Waals surface area (Å²) in [7, 11) is 4.26. The van der Waals surface area contributed by atoms with Crippen LogP contribution < -0.4 is 31.2 Å². The van der Waals surface area contributed by atoms with Gasteiger partial charge in [-0.05, 0) is 83.9 Å². The predicted octanol–water partition coefficient (Wildman–Crippen LogP) is 6.39. The quantitative estimate of drug-likeness (QED) is 0.165. The molecule has 8 bridgehead atoms. The topological polar surface area (TPSA) is 69.6 Å². The summed E-state index contributed by atoms with van der Waals surface area (Å²) < 4.78 is 0. The zero-order valence-electron chi connectivity index (χ0n) is 29.1. The van der Waals surface area contributed by atoms with E-state index in [2.05, 4.69) is 214 Å². The molecule has 0 aliphatic carbocycles. The number of para-hydroxylation sites is 2. The lowest BCUT2D eigenvalue weighted by Gasteiger charge is -2.22. The van der Waals surface area contributed by atoms with E-state index >= 15 is 0 Å². The highest BCUT2D eigenvalue weighted by atomic mass is 15.1. The minimum Gasteiger partial charge on any atom is -0.353 e. The molecular weight excluding hydrogens is 637 g/mol. The zero-order valence-corrected chi connectivity index (χ0v) is 29.1. The summed E-state index contributed by atoms with van der Waals surface area (Å²) in [5.74, 6) is 0. The molecule has 6 nitrogen and oxygen atoms in total. The molecule has 0 fully saturated rings. The van der Waals surface area contributed by atoms with Crippen molar-refractivity contribution in [3.8, 4) is 0 Å². The maximum Gasteiger partial charge on any atom is 0.0886 e. The number of hydrogen-bond acceptors (Lipinski definition) is 2. The number of nitrogens with one attached hydrogen (secondary N) is 4. The molecule has 0 atom stereocenters. The highest BCUT2D eigenvalue weighted by molar-refractivity contribution is 5.84. The number of H-pyrrole nitrogens is 4. The number of benzene rings is 4. The maximum absolute atomic E-state index is 3.86. The van der Waals surface area contributed by atoms with Crippen LogP contribution in [0.15, 0.2) is 170 Å². The van der Waals surface area contributed by atoms with Crippen LogP contribution in [-0.2, 0) is 0 Å². The number of aromatic amines is 4. The molecule has 0 saturated carbocycles. The highest BCUT2D eigenvalue weighted by Crippen LogP contribution is 2.28. The van der Waals surface area contributed by atoms with Crippen molar-refractivity contribution in [2.24, 2.45) is 0 Å². The summed E-state index contributed by atoms with van der Waals surface area (Å²) in [5, 5.41) is 4.04. The Bertz CT molecular complexity index is 2560. The minimum absolute atomic E-state index is 1.00. The number of rotatable bonds is 6. The van der Waals surface area contributed by atoms with E-state index in [0.29, 0.717) is 0 Å². The van der Waals surface area contributed by atoms with E-state index in [-0.39, 0.29) is 0 Å². The first-order chi connectivity index (χ1) is 25.6. The van der Waals surface area contributed by atoms with Gasteiger partial charge in [-0.3, -0.25) is 0 Å². The largest absolute Gasteiger partial charge is 0.353 e. The highest BCUT2D eigenvalue weighted by Gasteiger charge is 2.20. The molecule has 4 aromatic carbocycles. The van der Waals surface area contributed by atoms with E-state index in [1.165, 1.54) is 0 Å². The Balaban J connectivity index is 1.41. The van der Waals surface area contributed by atoms with Gasteiger partial charge in [0.1, 0.15) is 0 Å². The second-order valence-corrected chi connectivity index (χ2v) is 13.1. The number of hydrogen-bond donors (Lipinski definition) is 4. The van der Waals surface area contributed by atoms with Crippen molar-refractivity contribution >= 4 is 33.9 Å². The summed E-state index contributed by atoms with van der Waals surface area (Å²) in [4.78, 5) is 19.9. The van der Waals surface area contributed by atoms with Gasteiger partial charge in [-0.15, -0.1) is 0 Å². The molecule has 5 heterocycles. The van der Waals surface area contributed by atoms with Crippen LogP contribution in [0.25, 0.3) is 22.5 Å². The van der Waals surface area contributed by atoms with E-state index in [9.17, 15) is 0 Å². The molecule has 9 rings (SSSR count). The first kappa shape index (κ1) is 31.1. The van der Waals surface area contributed by atoms with Crippen LogP contribution in [-0.4, -0.2) is 34.0 Å². The molecular formula is C46H38N6. The van der Waals surface area contributed by atoms with Crippen molar-refractivity contribution in [2.45, 2.75) is 0 Å². The second-order valence-electron chi connectivity index (χ2n) is 13.1. The number of nitrogens with zero attached hydrogens (tertiary/aromatic N) is 2. The predicted molar refractivity (Wildman–Crippen MR) is 212 cm³/mol. The third kappa shape index (κ3) is 5.56. The summed E-state index contributed by atoms with van der Waals surface area (Å²) in [6, 6.07) is 59.7. The van der Waals surface area contributed by atoms with Crippen molar-refractivity contribution in [1.29, 1.82) is 0 Å². The Morgan fingerprint density at radius 2 is 0.635 bits per heavy atom. The van der Waals surface area contributed by atoms with Gasteiger partial charge >= 0.3 is 0 Å². The monoisotopic (exact) mass is 674 g/mol. The van der Waals surface area contributed by atoms with Crippen molar-refractivity contribution in [3.63, 3.8) is 0 Å². The number of anilines is 2. The van der Waals surface area contributed by atoms with Crippen molar-refractivity contribution in [1.82, 2.24) is 19.9 Å². The van der Waals surface area contributed by atoms with Gasteiger partial charge in [-0.25, -0.2) is 0 Å². The van der Waals surface area contributed by atoms with Crippen LogP contribution in [0, 0.1) is 0 Å². The van der Waals surface area contributed by atoms with E-state index in [1.807, 2.05) is 0 Å². The molecule has 0 radical (unpaired) electrons. The smallest absolute Gasteiger partial charge is 0.0886 e. The standard InChI is InChI=1S/C46H38N6/c1-51(33-19-11-5-12-20-33)45-39-27-23-35(47-39)43(31-15-7-3-8-16-31)37-25-29-41(49-37)46(52(2)34-21-13-6-14-22-34)42-30-26-38(50-42)44(32-17-9-4-10-18-32)36-24-28-40(45)48-36/h3-30,47-50H,1-2H3. The van der Waals surface area contributed by atoms with Crippen molar-refractivity contribution in [3.05, 3.63) is 225 Å². The fourth-order valence-electron chi connectivity index (χ4n) is 7.41. The molecule has 0 spiro atoms. The average molecular weight is 675 g/mol. The first-order valence-electron chi connectivity index (χ1n) is 17.6. The van der Waals surface area contributed by atoms with Crippen LogP contribution in [0.2, 0.25) is 0 Å². The van der Waals surface area contributed by atoms with Gasteiger partial charge in [0, 0.05) is 58.7 Å². The fraction of sp³-hybridized carbons (Fsp3) is 0.0435. The fourth-order valence-corrected chi connectivity index (χ4v) is 7.41. The summed E-state index contributed by atoms with van der Waals surface area (Å²) in [5.41, 5.74) is 12.7. The van der Waals surface area contributed by atoms with Gasteiger partial charge in [0.2, 0.25) is 0 Å². The second kappa shape index (κ2) is 13.1. The Morgan fingerprint density at radius 1 is 0.308 bits per heavy atom. The summed E-state index contributed by atoms with van der Waals surface area (Å²) in [6.07, 6.45) is 0. The summed E-state index contributed by atoms with van der Waals surface area (Å²) in [6.45, 7) is 0. The molecule has 8 aromatic rings. The van der Waals surface area contributed by atoms with E-state index in [4.69, 9.17) is 0 Å². The minimum atomic E-state index is 1.00. The van der Waals surface area contributed by atoms with E-state index in [1.54, 1.807) is 0 Å². The van der Waals surface area contributed by atoms with Gasteiger partial charge in [-0.2, -0.15) is 0 Å². The lowest BCUT2D eigenvalue weighted by atomic mass is 10.0. The molecule has 4 aromatic heterocycles. The molecule has 0 unspecified atom stereocenters. The van der Waals surface area contributed by atoms with Crippen LogP contribution in [0.5, 0.6) is 0 Å². The van der Waals surface area contributed by atoms with Gasteiger partial charge in [0.05, 0.1) is 33.5 Å². The Labute approximate surface area is 302 Å². The van der Waals surface area contributed by atoms with Crippen LogP contribution in [0.4, 0.5) is 11.4 Å². The maximum atomic E-state index is 3.86. The molecule has 0 amide bonds. The Hall–Kier alpha value is -6.92. The van der Waals surface area contributed by atoms with Crippen LogP contribution in [0.3, 0.4) is 0 Å². The molecule has 1 aliphatic rings. The van der Waals surface area contributed by atoms with E-state index < -0.39 is 0 Å². The number of fused-ring (bicyclic) bond motifs is 8. The molecule has 1 aliphatic heterocycles. The normalized spacial score (nSPS) is 12.7. The zero-order chi connectivity index (χ0) is 35.0. The van der Waals surface area contributed by atoms with E-state index in [0.717, 1.165) is 89.2 Å². The SMILES string of the molecule is CN(C1=c2ccc([nH]2)=C(c2ccccc2)c2ccc([nH]2)C(N(C)c2ccccc2)=c2ccc([nH]2)=C(c2ccccc2)c2ccc1[nH]2)c1ccccc1. The van der Waals surface area contributed by atoms with Gasteiger partial charge in [0.25, 0.3) is 0 Å². The van der Waals surface area contributed by atoms with Crippen LogP contribution in [0.1, 0.15) is 33.9 Å². The number of aromatic nitrogens is 4. The lowest BCUT2D eigenvalue weighted by molar-refractivity contribution is 1.12. The first-order valence-corrected chi connectivity index (χ1v) is 17.6. The molecule has 52 heavy (non-hydrogen) atoms. The Morgan fingerprint density at radius 3 is 1.02 bits per heavy atom. The van der Waals surface area contributed by atoms with Crippen molar-refractivity contribution < 1.29 is 0 Å². The lowest BCUT2D eigenvalue weighted by Crippen LogP contribution is -2.27. The molecule has 4 N–H and O–H groups in total. The molecule has 0 saturated heterocycles. The summed E-state index contributed by atoms with van der Waals surface area (Å²) >= 11 is 0.